The van der Waals surface area contributed by atoms with Crippen LogP contribution in [0.4, 0.5) is 4.39 Å². The second-order valence-electron chi connectivity index (χ2n) is 8.19. The van der Waals surface area contributed by atoms with E-state index in [0.29, 0.717) is 43.3 Å². The first-order valence-corrected chi connectivity index (χ1v) is 11.9. The molecule has 0 saturated carbocycles. The summed E-state index contributed by atoms with van der Waals surface area (Å²) in [7, 11) is 1.56. The average molecular weight is 486 g/mol. The first kappa shape index (κ1) is 26.2. The number of nitrogens with zero attached hydrogens (tertiary/aromatic N) is 1. The summed E-state index contributed by atoms with van der Waals surface area (Å²) >= 11 is 0. The molecule has 2 aromatic carbocycles. The van der Waals surface area contributed by atoms with Gasteiger partial charge in [-0.3, -0.25) is 9.59 Å². The number of methoxy groups -OCH3 is 1. The number of halogens is 1. The predicted molar refractivity (Wildman–Crippen MR) is 130 cm³/mol. The first-order valence-electron chi connectivity index (χ1n) is 11.9. The van der Waals surface area contributed by atoms with Gasteiger partial charge in [-0.25, -0.2) is 4.39 Å². The zero-order valence-corrected chi connectivity index (χ0v) is 20.4. The van der Waals surface area contributed by atoms with Gasteiger partial charge in [0.1, 0.15) is 11.6 Å². The van der Waals surface area contributed by atoms with Crippen molar-refractivity contribution in [2.45, 2.75) is 39.2 Å². The molecule has 3 rings (SSSR count). The largest absolute Gasteiger partial charge is 0.507 e. The zero-order valence-electron chi connectivity index (χ0n) is 20.4. The molecule has 1 aliphatic rings. The maximum atomic E-state index is 13.4. The number of aliphatic hydroxyl groups excluding tert-OH is 1. The lowest BCUT2D eigenvalue weighted by molar-refractivity contribution is -0.140. The van der Waals surface area contributed by atoms with Gasteiger partial charge in [-0.05, 0) is 61.7 Å². The number of benzene rings is 2. The smallest absolute Gasteiger partial charge is 0.295 e. The summed E-state index contributed by atoms with van der Waals surface area (Å²) < 4.78 is 30.2. The maximum absolute atomic E-state index is 13.4. The second kappa shape index (κ2) is 12.4. The number of ketones is 1. The number of unbranched alkanes of at least 4 members (excludes halogenated alkanes) is 1. The van der Waals surface area contributed by atoms with Gasteiger partial charge in [0.15, 0.2) is 11.5 Å². The van der Waals surface area contributed by atoms with E-state index in [0.717, 1.165) is 12.8 Å². The summed E-state index contributed by atoms with van der Waals surface area (Å²) in [5.74, 6) is -1.28. The highest BCUT2D eigenvalue weighted by molar-refractivity contribution is 6.46. The molecule has 1 saturated heterocycles. The Morgan fingerprint density at radius 2 is 1.74 bits per heavy atom. The fourth-order valence-corrected chi connectivity index (χ4v) is 4.01. The Kier molecular flexibility index (Phi) is 9.25. The molecule has 1 unspecified atom stereocenters. The third-order valence-corrected chi connectivity index (χ3v) is 5.74. The molecule has 0 radical (unpaired) electrons. The molecule has 1 N–H and O–H groups in total. The molecule has 7 nitrogen and oxygen atoms in total. The molecule has 0 spiro atoms. The lowest BCUT2D eigenvalue weighted by Crippen LogP contribution is -2.31. The van der Waals surface area contributed by atoms with E-state index >= 15 is 0 Å². The Bertz CT molecular complexity index is 1070. The highest BCUT2D eigenvalue weighted by Crippen LogP contribution is 2.42. The molecule has 0 aliphatic carbocycles. The van der Waals surface area contributed by atoms with Gasteiger partial charge in [-0.2, -0.15) is 0 Å². The molecule has 1 atom stereocenters. The van der Waals surface area contributed by atoms with Gasteiger partial charge < -0.3 is 24.2 Å². The van der Waals surface area contributed by atoms with Crippen molar-refractivity contribution in [2.24, 2.45) is 0 Å². The van der Waals surface area contributed by atoms with Crippen LogP contribution in [0.25, 0.3) is 5.76 Å². The number of Topliss-reactive ketones (excluding diaryl/α,β-unsaturated/α-hetero) is 1. The van der Waals surface area contributed by atoms with E-state index in [1.165, 1.54) is 29.2 Å². The molecule has 1 amide bonds. The molecule has 0 aromatic heterocycles. The van der Waals surface area contributed by atoms with Crippen LogP contribution in [0.15, 0.2) is 48.0 Å². The van der Waals surface area contributed by atoms with Crippen molar-refractivity contribution < 1.29 is 33.3 Å². The number of carbonyl (C=O) groups is 2. The minimum absolute atomic E-state index is 0.0545. The highest BCUT2D eigenvalue weighted by Gasteiger charge is 2.46. The van der Waals surface area contributed by atoms with Crippen LogP contribution in [-0.4, -0.2) is 55.2 Å². The standard InChI is InChI=1S/C27H32FNO6/c1-4-6-16-35-21-13-10-19(17-22(21)34-5-2)24-23(25(30)18-8-11-20(28)12-9-18)26(31)27(32)29(24)14-7-15-33-3/h8-13,17,24,30H,4-7,14-16H2,1-3H3. The van der Waals surface area contributed by atoms with E-state index in [-0.39, 0.29) is 23.4 Å². The molecule has 2 aromatic rings. The van der Waals surface area contributed by atoms with Crippen molar-refractivity contribution in [3.05, 3.63) is 65.0 Å². The minimum Gasteiger partial charge on any atom is -0.507 e. The van der Waals surface area contributed by atoms with Gasteiger partial charge in [-0.1, -0.05) is 19.4 Å². The van der Waals surface area contributed by atoms with Crippen LogP contribution in [0, 0.1) is 5.82 Å². The van der Waals surface area contributed by atoms with Gasteiger partial charge in [0.25, 0.3) is 11.7 Å². The summed E-state index contributed by atoms with van der Waals surface area (Å²) in [4.78, 5) is 27.5. The molecule has 1 fully saturated rings. The van der Waals surface area contributed by atoms with Crippen LogP contribution >= 0.6 is 0 Å². The van der Waals surface area contributed by atoms with Crippen molar-refractivity contribution in [1.29, 1.82) is 0 Å². The third-order valence-electron chi connectivity index (χ3n) is 5.74. The van der Waals surface area contributed by atoms with E-state index in [1.807, 2.05) is 6.92 Å². The molecule has 1 heterocycles. The number of likely N-dealkylation sites (tertiary alicyclic amines) is 1. The molecular weight excluding hydrogens is 453 g/mol. The Balaban J connectivity index is 2.10. The van der Waals surface area contributed by atoms with Gasteiger partial charge in [0, 0.05) is 25.8 Å². The fraction of sp³-hybridized carbons (Fsp3) is 0.407. The Morgan fingerprint density at radius 3 is 2.40 bits per heavy atom. The topological polar surface area (TPSA) is 85.3 Å². The zero-order chi connectivity index (χ0) is 25.4. The molecule has 188 valence electrons. The average Bonchev–Trinajstić information content (AvgIpc) is 3.10. The SMILES string of the molecule is CCCCOc1ccc(C2C(=C(O)c3ccc(F)cc3)C(=O)C(=O)N2CCCOC)cc1OCC. The van der Waals surface area contributed by atoms with E-state index in [2.05, 4.69) is 6.92 Å². The van der Waals surface area contributed by atoms with E-state index in [1.54, 1.807) is 25.3 Å². The van der Waals surface area contributed by atoms with Crippen LogP contribution < -0.4 is 9.47 Å². The molecule has 0 bridgehead atoms. The van der Waals surface area contributed by atoms with Crippen LogP contribution in [-0.2, 0) is 14.3 Å². The maximum Gasteiger partial charge on any atom is 0.295 e. The Hall–Kier alpha value is -3.39. The van der Waals surface area contributed by atoms with Crippen LogP contribution in [0.2, 0.25) is 0 Å². The predicted octanol–water partition coefficient (Wildman–Crippen LogP) is 4.86. The fourth-order valence-electron chi connectivity index (χ4n) is 4.01. The van der Waals surface area contributed by atoms with Crippen molar-refractivity contribution >= 4 is 17.4 Å². The normalized spacial score (nSPS) is 17.1. The van der Waals surface area contributed by atoms with E-state index in [4.69, 9.17) is 14.2 Å². The molecular formula is C27H32FNO6. The monoisotopic (exact) mass is 485 g/mol. The summed E-state index contributed by atoms with van der Waals surface area (Å²) in [5.41, 5.74) is 0.786. The lowest BCUT2D eigenvalue weighted by Gasteiger charge is -2.26. The number of aliphatic hydroxyl groups is 1. The van der Waals surface area contributed by atoms with E-state index < -0.39 is 23.5 Å². The van der Waals surface area contributed by atoms with Crippen molar-refractivity contribution in [2.75, 3.05) is 33.5 Å². The second-order valence-corrected chi connectivity index (χ2v) is 8.19. The van der Waals surface area contributed by atoms with Gasteiger partial charge >= 0.3 is 0 Å². The van der Waals surface area contributed by atoms with Crippen LogP contribution in [0.1, 0.15) is 50.3 Å². The molecule has 8 heteroatoms. The minimum atomic E-state index is -0.846. The van der Waals surface area contributed by atoms with Crippen molar-refractivity contribution in [1.82, 2.24) is 4.90 Å². The van der Waals surface area contributed by atoms with Crippen LogP contribution in [0.3, 0.4) is 0 Å². The molecule has 1 aliphatic heterocycles. The molecule has 35 heavy (non-hydrogen) atoms. The highest BCUT2D eigenvalue weighted by atomic mass is 19.1. The van der Waals surface area contributed by atoms with Crippen LogP contribution in [0.5, 0.6) is 11.5 Å². The lowest BCUT2D eigenvalue weighted by atomic mass is 9.95. The van der Waals surface area contributed by atoms with Gasteiger partial charge in [0.05, 0.1) is 24.8 Å². The number of amides is 1. The first-order chi connectivity index (χ1) is 16.9. The van der Waals surface area contributed by atoms with Crippen molar-refractivity contribution in [3.8, 4) is 11.5 Å². The summed E-state index contributed by atoms with van der Waals surface area (Å²) in [5, 5.41) is 11.1. The Labute approximate surface area is 205 Å². The number of rotatable bonds is 12. The van der Waals surface area contributed by atoms with E-state index in [9.17, 15) is 19.1 Å². The number of ether oxygens (including phenoxy) is 3. The number of carbonyl (C=O) groups excluding carboxylic acids is 2. The number of hydrogen-bond acceptors (Lipinski definition) is 6. The quantitative estimate of drug-likeness (QED) is 0.200. The third kappa shape index (κ3) is 6.00. The Morgan fingerprint density at radius 1 is 1.00 bits per heavy atom. The summed E-state index contributed by atoms with van der Waals surface area (Å²) in [6.45, 7) is 5.52. The summed E-state index contributed by atoms with van der Waals surface area (Å²) in [6.07, 6.45) is 2.39. The summed E-state index contributed by atoms with van der Waals surface area (Å²) in [6, 6.07) is 9.53. The van der Waals surface area contributed by atoms with Crippen molar-refractivity contribution in [3.63, 3.8) is 0 Å². The van der Waals surface area contributed by atoms with Gasteiger partial charge in [-0.15, -0.1) is 0 Å². The van der Waals surface area contributed by atoms with Gasteiger partial charge in [0.2, 0.25) is 0 Å². The number of hydrogen-bond donors (Lipinski definition) is 1.